The molecule has 2 aromatic carbocycles. The predicted molar refractivity (Wildman–Crippen MR) is 75.7 cm³/mol. The summed E-state index contributed by atoms with van der Waals surface area (Å²) in [6.07, 6.45) is 0. The van der Waals surface area contributed by atoms with Crippen LogP contribution in [0.15, 0.2) is 42.5 Å². The largest absolute Gasteiger partial charge is 1.00 e. The van der Waals surface area contributed by atoms with Gasteiger partial charge in [0.1, 0.15) is 6.61 Å². The number of halogens is 4. The van der Waals surface area contributed by atoms with E-state index >= 15 is 0 Å². The second-order valence-electron chi connectivity index (χ2n) is 4.50. The molecule has 1 nitrogen and oxygen atoms in total. The van der Waals surface area contributed by atoms with Gasteiger partial charge in [-0.25, -0.2) is 0 Å². The minimum atomic E-state index is -5.09. The summed E-state index contributed by atoms with van der Waals surface area (Å²) in [7, 11) is 0. The average Bonchev–Trinajstić information content (AvgIpc) is 2.37. The number of hydrogen-bond donors (Lipinski definition) is 0. The van der Waals surface area contributed by atoms with Crippen molar-refractivity contribution in [2.45, 2.75) is 13.5 Å². The van der Waals surface area contributed by atoms with Crippen molar-refractivity contribution in [2.75, 3.05) is 0 Å². The number of benzene rings is 2. The number of rotatable bonds is 4. The molecule has 0 aliphatic heterocycles. The first-order chi connectivity index (χ1) is 9.38. The van der Waals surface area contributed by atoms with E-state index in [9.17, 15) is 12.9 Å². The van der Waals surface area contributed by atoms with E-state index in [2.05, 4.69) is 0 Å². The average molecular weight is 339 g/mol. The Bertz CT molecular complexity index is 619. The number of para-hydroxylation sites is 1. The van der Waals surface area contributed by atoms with Crippen molar-refractivity contribution in [1.82, 2.24) is 0 Å². The van der Waals surface area contributed by atoms with Crippen LogP contribution in [0.3, 0.4) is 0 Å². The molecule has 0 amide bonds. The molecular weight excluding hydrogens is 327 g/mol. The van der Waals surface area contributed by atoms with Crippen LogP contribution >= 0.6 is 11.6 Å². The first-order valence-electron chi connectivity index (χ1n) is 6.04. The Morgan fingerprint density at radius 3 is 2.38 bits per heavy atom. The van der Waals surface area contributed by atoms with Gasteiger partial charge in [-0.05, 0) is 24.6 Å². The van der Waals surface area contributed by atoms with E-state index in [1.807, 2.05) is 13.0 Å². The van der Waals surface area contributed by atoms with Crippen LogP contribution in [0.25, 0.3) is 0 Å². The molecule has 0 fully saturated rings. The van der Waals surface area contributed by atoms with Crippen LogP contribution in [-0.4, -0.2) is 6.98 Å². The Kier molecular flexibility index (Phi) is 7.30. The van der Waals surface area contributed by atoms with E-state index in [-0.39, 0.29) is 63.7 Å². The standard InChI is InChI=1S/C14H12BClF3O.K/c1-10-6-7-11(13(16)8-10)9-20-14-5-3-2-4-12(14)15(17,18)19;/h2-8H,9H2,1H3;/q-1;+1. The van der Waals surface area contributed by atoms with Crippen molar-refractivity contribution in [3.63, 3.8) is 0 Å². The maximum atomic E-state index is 12.9. The third-order valence-electron chi connectivity index (χ3n) is 2.86. The molecule has 0 aliphatic carbocycles. The molecule has 0 aromatic heterocycles. The molecule has 0 saturated heterocycles. The topological polar surface area (TPSA) is 9.23 Å². The van der Waals surface area contributed by atoms with E-state index in [1.165, 1.54) is 18.2 Å². The zero-order chi connectivity index (χ0) is 14.8. The Labute approximate surface area is 169 Å². The van der Waals surface area contributed by atoms with Crippen LogP contribution in [0.4, 0.5) is 12.9 Å². The number of hydrogen-bond acceptors (Lipinski definition) is 1. The fourth-order valence-corrected chi connectivity index (χ4v) is 2.10. The van der Waals surface area contributed by atoms with Gasteiger partial charge in [0, 0.05) is 10.6 Å². The summed E-state index contributed by atoms with van der Waals surface area (Å²) in [5.74, 6) is -0.170. The fourth-order valence-electron chi connectivity index (χ4n) is 1.81. The molecule has 21 heavy (non-hydrogen) atoms. The van der Waals surface area contributed by atoms with Gasteiger partial charge in [-0.2, -0.15) is 0 Å². The zero-order valence-corrected chi connectivity index (χ0v) is 15.6. The summed E-state index contributed by atoms with van der Waals surface area (Å²) in [5.41, 5.74) is 0.912. The number of ether oxygens (including phenoxy) is 1. The van der Waals surface area contributed by atoms with Crippen LogP contribution in [0.1, 0.15) is 11.1 Å². The van der Waals surface area contributed by atoms with Crippen LogP contribution in [0.2, 0.25) is 5.02 Å². The van der Waals surface area contributed by atoms with Gasteiger partial charge < -0.3 is 17.7 Å². The van der Waals surface area contributed by atoms with Crippen molar-refractivity contribution in [3.05, 3.63) is 58.6 Å². The van der Waals surface area contributed by atoms with E-state index < -0.39 is 12.4 Å². The Morgan fingerprint density at radius 2 is 1.76 bits per heavy atom. The van der Waals surface area contributed by atoms with Gasteiger partial charge in [0.15, 0.2) is 0 Å². The van der Waals surface area contributed by atoms with E-state index in [1.54, 1.807) is 12.1 Å². The summed E-state index contributed by atoms with van der Waals surface area (Å²) >= 11 is 6.03. The molecule has 0 bridgehead atoms. The van der Waals surface area contributed by atoms with Crippen molar-refractivity contribution in [3.8, 4) is 5.75 Å². The normalized spacial score (nSPS) is 10.9. The molecule has 0 N–H and O–H groups in total. The zero-order valence-electron chi connectivity index (χ0n) is 11.7. The second kappa shape index (κ2) is 8.04. The minimum Gasteiger partial charge on any atom is -0.492 e. The molecule has 0 atom stereocenters. The van der Waals surface area contributed by atoms with Crippen LogP contribution in [0.5, 0.6) is 5.75 Å². The van der Waals surface area contributed by atoms with Gasteiger partial charge in [-0.15, -0.1) is 0 Å². The first-order valence-corrected chi connectivity index (χ1v) is 6.42. The Balaban J connectivity index is 0.00000220. The second-order valence-corrected chi connectivity index (χ2v) is 4.90. The van der Waals surface area contributed by atoms with E-state index in [4.69, 9.17) is 16.3 Å². The van der Waals surface area contributed by atoms with Crippen molar-refractivity contribution >= 4 is 24.0 Å². The SMILES string of the molecule is Cc1ccc(COc2ccccc2[B-](F)(F)F)c(Cl)c1.[K+]. The molecular formula is C14H12BClF3KO. The third kappa shape index (κ3) is 5.30. The van der Waals surface area contributed by atoms with Crippen LogP contribution < -0.4 is 61.6 Å². The molecule has 0 unspecified atom stereocenters. The van der Waals surface area contributed by atoms with Gasteiger partial charge in [0.05, 0.1) is 5.75 Å². The molecule has 2 rings (SSSR count). The van der Waals surface area contributed by atoms with Crippen LogP contribution in [-0.2, 0) is 6.61 Å². The van der Waals surface area contributed by atoms with Gasteiger partial charge in [-0.3, -0.25) is 0 Å². The predicted octanol–water partition coefficient (Wildman–Crippen LogP) is 1.29. The molecule has 7 heteroatoms. The molecule has 0 spiro atoms. The van der Waals surface area contributed by atoms with Gasteiger partial charge in [0.25, 0.3) is 0 Å². The van der Waals surface area contributed by atoms with Gasteiger partial charge >= 0.3 is 58.4 Å². The minimum absolute atomic E-state index is 0. The van der Waals surface area contributed by atoms with Gasteiger partial charge in [0.2, 0.25) is 0 Å². The quantitative estimate of drug-likeness (QED) is 0.763. The summed E-state index contributed by atoms with van der Waals surface area (Å²) in [4.78, 5) is 0. The van der Waals surface area contributed by atoms with E-state index in [0.717, 1.165) is 11.6 Å². The van der Waals surface area contributed by atoms with Crippen molar-refractivity contribution < 1.29 is 69.1 Å². The number of aryl methyl sites for hydroxylation is 1. The summed E-state index contributed by atoms with van der Waals surface area (Å²) in [5, 5.41) is 0.486. The summed E-state index contributed by atoms with van der Waals surface area (Å²) in [6, 6.07) is 10.5. The molecule has 0 aliphatic rings. The first kappa shape index (κ1) is 19.1. The molecule has 0 radical (unpaired) electrons. The third-order valence-corrected chi connectivity index (χ3v) is 3.22. The Hall–Kier alpha value is 0.0213. The summed E-state index contributed by atoms with van der Waals surface area (Å²) < 4.78 is 43.9. The Morgan fingerprint density at radius 1 is 1.10 bits per heavy atom. The fraction of sp³-hybridized carbons (Fsp3) is 0.143. The van der Waals surface area contributed by atoms with E-state index in [0.29, 0.717) is 10.6 Å². The smallest absolute Gasteiger partial charge is 0.492 e. The van der Waals surface area contributed by atoms with Crippen molar-refractivity contribution in [2.24, 2.45) is 0 Å². The monoisotopic (exact) mass is 338 g/mol. The van der Waals surface area contributed by atoms with Crippen molar-refractivity contribution in [1.29, 1.82) is 0 Å². The van der Waals surface area contributed by atoms with Gasteiger partial charge in [-0.1, -0.05) is 47.4 Å². The van der Waals surface area contributed by atoms with Crippen LogP contribution in [0, 0.1) is 6.92 Å². The molecule has 0 heterocycles. The molecule has 2 aromatic rings. The maximum Gasteiger partial charge on any atom is 1.00 e. The summed E-state index contributed by atoms with van der Waals surface area (Å²) in [6.45, 7) is -3.20. The molecule has 0 saturated carbocycles. The maximum absolute atomic E-state index is 12.9. The molecule has 106 valence electrons.